The lowest BCUT2D eigenvalue weighted by molar-refractivity contribution is -0.121. The van der Waals surface area contributed by atoms with Crippen molar-refractivity contribution in [2.75, 3.05) is 4.90 Å². The van der Waals surface area contributed by atoms with Gasteiger partial charge < -0.3 is 0 Å². The summed E-state index contributed by atoms with van der Waals surface area (Å²) in [6.07, 6.45) is 1.07. The highest BCUT2D eigenvalue weighted by Gasteiger charge is 2.43. The number of benzene rings is 4. The molecule has 2 aliphatic carbocycles. The maximum absolute atomic E-state index is 13.5. The van der Waals surface area contributed by atoms with Gasteiger partial charge in [0.15, 0.2) is 0 Å². The van der Waals surface area contributed by atoms with Crippen LogP contribution in [0.2, 0.25) is 0 Å². The zero-order valence-electron chi connectivity index (χ0n) is 18.4. The average molecular weight is 460 g/mol. The SMILES string of the molecule is O=C1CC(SC2c3ccccc3-c3ccccc32)C(=O)N1c1ccc2c(c1)Cc1ccccc1-2. The van der Waals surface area contributed by atoms with Crippen molar-refractivity contribution in [1.29, 1.82) is 0 Å². The van der Waals surface area contributed by atoms with Crippen molar-refractivity contribution < 1.29 is 9.59 Å². The summed E-state index contributed by atoms with van der Waals surface area (Å²) < 4.78 is 0. The summed E-state index contributed by atoms with van der Waals surface area (Å²) in [6, 6.07) is 31.2. The van der Waals surface area contributed by atoms with E-state index in [1.807, 2.05) is 12.1 Å². The number of nitrogens with zero attached hydrogens (tertiary/aromatic N) is 1. The summed E-state index contributed by atoms with van der Waals surface area (Å²) in [5.74, 6) is -0.218. The molecule has 164 valence electrons. The van der Waals surface area contributed by atoms with Crippen molar-refractivity contribution in [3.05, 3.63) is 113 Å². The van der Waals surface area contributed by atoms with Gasteiger partial charge in [-0.1, -0.05) is 78.9 Å². The molecule has 1 aliphatic heterocycles. The van der Waals surface area contributed by atoms with Gasteiger partial charge in [0.2, 0.25) is 11.8 Å². The van der Waals surface area contributed by atoms with Crippen molar-refractivity contribution in [2.24, 2.45) is 0 Å². The molecule has 1 unspecified atom stereocenters. The third-order valence-electron chi connectivity index (χ3n) is 7.22. The van der Waals surface area contributed by atoms with E-state index < -0.39 is 0 Å². The van der Waals surface area contributed by atoms with E-state index in [0.717, 1.165) is 6.42 Å². The van der Waals surface area contributed by atoms with Crippen LogP contribution in [0, 0.1) is 0 Å². The molecule has 0 N–H and O–H groups in total. The highest BCUT2D eigenvalue weighted by Crippen LogP contribution is 2.52. The van der Waals surface area contributed by atoms with Crippen LogP contribution in [0.1, 0.15) is 33.9 Å². The van der Waals surface area contributed by atoms with E-state index in [1.165, 1.54) is 49.4 Å². The van der Waals surface area contributed by atoms with Crippen LogP contribution in [-0.4, -0.2) is 17.1 Å². The Hall–Kier alpha value is -3.63. The minimum Gasteiger partial charge on any atom is -0.274 e. The van der Waals surface area contributed by atoms with Gasteiger partial charge in [-0.05, 0) is 63.1 Å². The fraction of sp³-hybridized carbons (Fsp3) is 0.133. The first-order valence-electron chi connectivity index (χ1n) is 11.6. The molecule has 0 spiro atoms. The second-order valence-corrected chi connectivity index (χ2v) is 10.4. The fourth-order valence-electron chi connectivity index (χ4n) is 5.67. The van der Waals surface area contributed by atoms with Crippen LogP contribution in [0.4, 0.5) is 5.69 Å². The van der Waals surface area contributed by atoms with Crippen molar-refractivity contribution in [3.63, 3.8) is 0 Å². The van der Waals surface area contributed by atoms with Crippen LogP contribution in [0.3, 0.4) is 0 Å². The van der Waals surface area contributed by atoms with Crippen LogP contribution in [0.5, 0.6) is 0 Å². The maximum Gasteiger partial charge on any atom is 0.247 e. The molecule has 7 rings (SSSR count). The zero-order chi connectivity index (χ0) is 22.8. The Labute approximate surface area is 202 Å². The van der Waals surface area contributed by atoms with E-state index in [9.17, 15) is 9.59 Å². The molecule has 3 aliphatic rings. The summed E-state index contributed by atoms with van der Waals surface area (Å²) in [6.45, 7) is 0. The van der Waals surface area contributed by atoms with Gasteiger partial charge in [0, 0.05) is 6.42 Å². The number of thioether (sulfide) groups is 1. The molecule has 4 aromatic carbocycles. The van der Waals surface area contributed by atoms with Gasteiger partial charge in [0.1, 0.15) is 0 Å². The summed E-state index contributed by atoms with van der Waals surface area (Å²) in [5, 5.41) is -0.328. The van der Waals surface area contributed by atoms with Gasteiger partial charge in [-0.3, -0.25) is 9.59 Å². The van der Waals surface area contributed by atoms with E-state index in [1.54, 1.807) is 11.8 Å². The Morgan fingerprint density at radius 3 is 2.03 bits per heavy atom. The van der Waals surface area contributed by atoms with Crippen molar-refractivity contribution >= 4 is 29.3 Å². The molecule has 0 aromatic heterocycles. The molecule has 1 saturated heterocycles. The highest BCUT2D eigenvalue weighted by atomic mass is 32.2. The van der Waals surface area contributed by atoms with Crippen LogP contribution in [0.15, 0.2) is 91.0 Å². The van der Waals surface area contributed by atoms with E-state index in [2.05, 4.69) is 78.9 Å². The van der Waals surface area contributed by atoms with Crippen molar-refractivity contribution in [3.8, 4) is 22.3 Å². The maximum atomic E-state index is 13.5. The monoisotopic (exact) mass is 459 g/mol. The molecular weight excluding hydrogens is 438 g/mol. The average Bonchev–Trinajstić information content (AvgIpc) is 3.48. The Balaban J connectivity index is 1.19. The number of rotatable bonds is 3. The Morgan fingerprint density at radius 1 is 0.676 bits per heavy atom. The quantitative estimate of drug-likeness (QED) is 0.293. The number of carbonyl (C=O) groups is 2. The van der Waals surface area contributed by atoms with E-state index >= 15 is 0 Å². The lowest BCUT2D eigenvalue weighted by Gasteiger charge is -2.19. The van der Waals surface area contributed by atoms with Gasteiger partial charge in [-0.25, -0.2) is 4.90 Å². The van der Waals surface area contributed by atoms with E-state index in [4.69, 9.17) is 0 Å². The number of hydrogen-bond acceptors (Lipinski definition) is 3. The van der Waals surface area contributed by atoms with Gasteiger partial charge in [-0.15, -0.1) is 11.8 Å². The molecule has 0 bridgehead atoms. The van der Waals surface area contributed by atoms with Gasteiger partial charge >= 0.3 is 0 Å². The lowest BCUT2D eigenvalue weighted by atomic mass is 10.1. The number of imide groups is 1. The number of fused-ring (bicyclic) bond motifs is 6. The van der Waals surface area contributed by atoms with Crippen LogP contribution < -0.4 is 4.90 Å². The molecule has 0 radical (unpaired) electrons. The molecule has 3 nitrogen and oxygen atoms in total. The van der Waals surface area contributed by atoms with Crippen LogP contribution >= 0.6 is 11.8 Å². The largest absolute Gasteiger partial charge is 0.274 e. The first-order chi connectivity index (χ1) is 16.7. The predicted molar refractivity (Wildman–Crippen MR) is 137 cm³/mol. The van der Waals surface area contributed by atoms with Crippen LogP contribution in [-0.2, 0) is 16.0 Å². The molecule has 4 aromatic rings. The highest BCUT2D eigenvalue weighted by molar-refractivity contribution is 8.01. The van der Waals surface area contributed by atoms with Gasteiger partial charge in [0.25, 0.3) is 0 Å². The Kier molecular flexibility index (Phi) is 4.33. The molecular formula is C30H21NO2S. The first-order valence-corrected chi connectivity index (χ1v) is 12.5. The van der Waals surface area contributed by atoms with Gasteiger partial charge in [0.05, 0.1) is 16.2 Å². The molecule has 0 saturated carbocycles. The van der Waals surface area contributed by atoms with Crippen molar-refractivity contribution in [1.82, 2.24) is 0 Å². The normalized spacial score (nSPS) is 18.1. The van der Waals surface area contributed by atoms with Crippen molar-refractivity contribution in [2.45, 2.75) is 23.3 Å². The third kappa shape index (κ3) is 2.85. The predicted octanol–water partition coefficient (Wildman–Crippen LogP) is 6.39. The number of anilines is 1. The van der Waals surface area contributed by atoms with Gasteiger partial charge in [-0.2, -0.15) is 0 Å². The molecule has 1 heterocycles. The molecule has 1 atom stereocenters. The van der Waals surface area contributed by atoms with E-state index in [-0.39, 0.29) is 28.7 Å². The first kappa shape index (κ1) is 19.8. The smallest absolute Gasteiger partial charge is 0.247 e. The van der Waals surface area contributed by atoms with E-state index in [0.29, 0.717) is 5.69 Å². The summed E-state index contributed by atoms with van der Waals surface area (Å²) >= 11 is 1.61. The van der Waals surface area contributed by atoms with Crippen LogP contribution in [0.25, 0.3) is 22.3 Å². The second-order valence-electron chi connectivity index (χ2n) is 9.13. The molecule has 34 heavy (non-hydrogen) atoms. The fourth-order valence-corrected chi connectivity index (χ4v) is 7.17. The third-order valence-corrected chi connectivity index (χ3v) is 8.69. The second kappa shape index (κ2) is 7.44. The standard InChI is InChI=1S/C30H21NO2S/c32-28-17-27(34-29-25-11-5-3-9-23(25)24-10-4-6-12-26(24)29)30(33)31(28)20-13-14-22-19(16-20)15-18-7-1-2-8-21(18)22/h1-14,16,27,29H,15,17H2. The summed E-state index contributed by atoms with van der Waals surface area (Å²) in [4.78, 5) is 28.0. The zero-order valence-corrected chi connectivity index (χ0v) is 19.2. The Morgan fingerprint density at radius 2 is 1.29 bits per heavy atom. The minimum absolute atomic E-state index is 0.0589. The number of carbonyl (C=O) groups excluding carboxylic acids is 2. The minimum atomic E-state index is -0.387. The summed E-state index contributed by atoms with van der Waals surface area (Å²) in [7, 11) is 0. The number of hydrogen-bond donors (Lipinski definition) is 0. The summed E-state index contributed by atoms with van der Waals surface area (Å²) in [5.41, 5.74) is 10.5. The molecule has 1 fully saturated rings. The topological polar surface area (TPSA) is 37.4 Å². The number of amides is 2. The molecule has 4 heteroatoms. The molecule has 2 amide bonds. The Bertz CT molecular complexity index is 1460. The lowest BCUT2D eigenvalue weighted by Crippen LogP contribution is -2.31.